The van der Waals surface area contributed by atoms with Crippen molar-refractivity contribution in [2.75, 3.05) is 11.9 Å². The van der Waals surface area contributed by atoms with Gasteiger partial charge in [-0.15, -0.1) is 0 Å². The Morgan fingerprint density at radius 1 is 1.21 bits per heavy atom. The van der Waals surface area contributed by atoms with E-state index < -0.39 is 0 Å². The Bertz CT molecular complexity index is 1220. The summed E-state index contributed by atoms with van der Waals surface area (Å²) in [5.74, 6) is 0.0300. The molecule has 0 fully saturated rings. The minimum absolute atomic E-state index is 0.0562. The summed E-state index contributed by atoms with van der Waals surface area (Å²) in [4.78, 5) is 25.0. The van der Waals surface area contributed by atoms with Crippen molar-refractivity contribution in [1.29, 1.82) is 0 Å². The SMILES string of the molecule is Cc1cc(OCC(=O)N/N=C2\CCc3ccc(NC(=O)C4C=CC(Br)=CC4C)cc32)ccc1Cl. The van der Waals surface area contributed by atoms with Crippen molar-refractivity contribution < 1.29 is 14.3 Å². The van der Waals surface area contributed by atoms with Crippen molar-refractivity contribution >= 4 is 50.7 Å². The Morgan fingerprint density at radius 3 is 2.79 bits per heavy atom. The molecule has 2 aliphatic rings. The Kier molecular flexibility index (Phi) is 7.54. The number of hydrazone groups is 1. The summed E-state index contributed by atoms with van der Waals surface area (Å²) >= 11 is 9.47. The van der Waals surface area contributed by atoms with Crippen LogP contribution in [0.15, 0.2) is 64.2 Å². The molecule has 2 aromatic carbocycles. The van der Waals surface area contributed by atoms with Gasteiger partial charge in [0.25, 0.3) is 5.91 Å². The van der Waals surface area contributed by atoms with Crippen molar-refractivity contribution in [3.8, 4) is 5.75 Å². The van der Waals surface area contributed by atoms with E-state index in [4.69, 9.17) is 16.3 Å². The molecule has 0 spiro atoms. The van der Waals surface area contributed by atoms with Crippen molar-refractivity contribution in [2.45, 2.75) is 26.7 Å². The maximum absolute atomic E-state index is 12.8. The number of aryl methyl sites for hydroxylation is 2. The molecule has 176 valence electrons. The van der Waals surface area contributed by atoms with Crippen LogP contribution in [0, 0.1) is 18.8 Å². The van der Waals surface area contributed by atoms with Crippen LogP contribution in [-0.4, -0.2) is 24.1 Å². The van der Waals surface area contributed by atoms with E-state index in [2.05, 4.69) is 31.8 Å². The number of amides is 2. The number of halogens is 2. The molecular weight excluding hydrogens is 518 g/mol. The normalized spacial score (nSPS) is 20.0. The largest absolute Gasteiger partial charge is 0.484 e. The van der Waals surface area contributed by atoms with E-state index in [9.17, 15) is 9.59 Å². The van der Waals surface area contributed by atoms with Gasteiger partial charge in [-0.2, -0.15) is 5.10 Å². The average Bonchev–Trinajstić information content (AvgIpc) is 3.20. The molecule has 0 saturated heterocycles. The Balaban J connectivity index is 1.37. The molecular formula is C26H25BrClN3O3. The van der Waals surface area contributed by atoms with Gasteiger partial charge in [0, 0.05) is 20.8 Å². The standard InChI is InChI=1S/C26H25BrClN3O3/c1-15-11-18(27)5-8-21(15)26(33)29-19-6-3-17-4-10-24(22(17)13-19)30-31-25(32)14-34-20-7-9-23(28)16(2)12-20/h3,5-9,11-13,15,21H,4,10,14H2,1-2H3,(H,29,33)(H,31,32)/b30-24+. The molecule has 0 radical (unpaired) electrons. The predicted molar refractivity (Wildman–Crippen MR) is 139 cm³/mol. The van der Waals surface area contributed by atoms with Crippen LogP contribution in [0.25, 0.3) is 0 Å². The lowest BCUT2D eigenvalue weighted by molar-refractivity contribution is -0.123. The number of nitrogens with one attached hydrogen (secondary N) is 2. The zero-order valence-electron chi connectivity index (χ0n) is 18.9. The zero-order chi connectivity index (χ0) is 24.2. The first-order valence-corrected chi connectivity index (χ1v) is 12.2. The van der Waals surface area contributed by atoms with Crippen LogP contribution < -0.4 is 15.5 Å². The van der Waals surface area contributed by atoms with Gasteiger partial charge >= 0.3 is 0 Å². The molecule has 2 aliphatic carbocycles. The fourth-order valence-electron chi connectivity index (χ4n) is 4.00. The van der Waals surface area contributed by atoms with Gasteiger partial charge < -0.3 is 10.1 Å². The maximum atomic E-state index is 12.8. The average molecular weight is 543 g/mol. The smallest absolute Gasteiger partial charge is 0.277 e. The summed E-state index contributed by atoms with van der Waals surface area (Å²) in [6, 6.07) is 11.1. The molecule has 0 bridgehead atoms. The van der Waals surface area contributed by atoms with Gasteiger partial charge in [-0.1, -0.05) is 58.7 Å². The predicted octanol–water partition coefficient (Wildman–Crippen LogP) is 5.53. The topological polar surface area (TPSA) is 79.8 Å². The molecule has 8 heteroatoms. The Labute approximate surface area is 212 Å². The summed E-state index contributed by atoms with van der Waals surface area (Å²) in [6.07, 6.45) is 7.38. The molecule has 34 heavy (non-hydrogen) atoms. The van der Waals surface area contributed by atoms with E-state index >= 15 is 0 Å². The Morgan fingerprint density at radius 2 is 2.03 bits per heavy atom. The molecule has 0 aliphatic heterocycles. The van der Waals surface area contributed by atoms with Gasteiger partial charge in [0.2, 0.25) is 5.91 Å². The third-order valence-corrected chi connectivity index (χ3v) is 6.84. The number of hydrogen-bond acceptors (Lipinski definition) is 4. The Hall–Kier alpha value is -2.90. The van der Waals surface area contributed by atoms with Crippen molar-refractivity contribution in [3.63, 3.8) is 0 Å². The number of anilines is 1. The summed E-state index contributed by atoms with van der Waals surface area (Å²) < 4.78 is 6.51. The molecule has 6 nitrogen and oxygen atoms in total. The number of rotatable bonds is 6. The number of benzene rings is 2. The van der Waals surface area contributed by atoms with Gasteiger partial charge in [0.05, 0.1) is 11.6 Å². The summed E-state index contributed by atoms with van der Waals surface area (Å²) in [7, 11) is 0. The van der Waals surface area contributed by atoms with Gasteiger partial charge in [-0.3, -0.25) is 9.59 Å². The molecule has 2 amide bonds. The van der Waals surface area contributed by atoms with Crippen LogP contribution in [0.5, 0.6) is 5.75 Å². The lowest BCUT2D eigenvalue weighted by Gasteiger charge is -2.21. The van der Waals surface area contributed by atoms with Crippen LogP contribution in [0.4, 0.5) is 5.69 Å². The first-order chi connectivity index (χ1) is 16.3. The highest BCUT2D eigenvalue weighted by Crippen LogP contribution is 2.29. The summed E-state index contributed by atoms with van der Waals surface area (Å²) in [6.45, 7) is 3.74. The molecule has 2 atom stereocenters. The summed E-state index contributed by atoms with van der Waals surface area (Å²) in [5, 5.41) is 7.98. The fourth-order valence-corrected chi connectivity index (χ4v) is 4.68. The van der Waals surface area contributed by atoms with E-state index in [1.54, 1.807) is 18.2 Å². The molecule has 0 aromatic heterocycles. The number of ether oxygens (including phenoxy) is 1. The number of carbonyl (C=O) groups excluding carboxylic acids is 2. The quantitative estimate of drug-likeness (QED) is 0.471. The van der Waals surface area contributed by atoms with Crippen molar-refractivity contribution in [1.82, 2.24) is 5.43 Å². The second-order valence-corrected chi connectivity index (χ2v) is 9.77. The maximum Gasteiger partial charge on any atom is 0.277 e. The minimum atomic E-state index is -0.352. The highest BCUT2D eigenvalue weighted by atomic mass is 79.9. The molecule has 4 rings (SSSR count). The third-order valence-electron chi connectivity index (χ3n) is 5.89. The van der Waals surface area contributed by atoms with Gasteiger partial charge in [-0.25, -0.2) is 5.43 Å². The van der Waals surface area contributed by atoms with E-state index in [0.29, 0.717) is 22.9 Å². The van der Waals surface area contributed by atoms with Crippen LogP contribution in [0.2, 0.25) is 5.02 Å². The third kappa shape index (κ3) is 5.77. The number of carbonyl (C=O) groups is 2. The number of allylic oxidation sites excluding steroid dienone is 3. The second kappa shape index (κ2) is 10.6. The van der Waals surface area contributed by atoms with Crippen LogP contribution >= 0.6 is 27.5 Å². The molecule has 2 N–H and O–H groups in total. The molecule has 2 aromatic rings. The second-order valence-electron chi connectivity index (χ2n) is 8.45. The van der Waals surface area contributed by atoms with E-state index in [1.807, 2.05) is 50.3 Å². The number of hydrogen-bond donors (Lipinski definition) is 2. The van der Waals surface area contributed by atoms with Crippen molar-refractivity contribution in [3.05, 3.63) is 80.8 Å². The lowest BCUT2D eigenvalue weighted by Crippen LogP contribution is -2.27. The first kappa shape index (κ1) is 24.2. The zero-order valence-corrected chi connectivity index (χ0v) is 21.2. The van der Waals surface area contributed by atoms with Crippen LogP contribution in [0.3, 0.4) is 0 Å². The van der Waals surface area contributed by atoms with Crippen molar-refractivity contribution in [2.24, 2.45) is 16.9 Å². The lowest BCUT2D eigenvalue weighted by atomic mass is 9.89. The summed E-state index contributed by atoms with van der Waals surface area (Å²) in [5.41, 5.74) is 7.01. The van der Waals surface area contributed by atoms with Gasteiger partial charge in [0.15, 0.2) is 6.61 Å². The van der Waals surface area contributed by atoms with Gasteiger partial charge in [-0.05, 0) is 67.1 Å². The molecule has 0 heterocycles. The first-order valence-electron chi connectivity index (χ1n) is 11.0. The van der Waals surface area contributed by atoms with E-state index in [0.717, 1.165) is 33.3 Å². The minimum Gasteiger partial charge on any atom is -0.484 e. The molecule has 2 unspecified atom stereocenters. The monoisotopic (exact) mass is 541 g/mol. The number of nitrogens with zero attached hydrogens (tertiary/aromatic N) is 1. The van der Waals surface area contributed by atoms with Crippen LogP contribution in [-0.2, 0) is 16.0 Å². The number of fused-ring (bicyclic) bond motifs is 1. The molecule has 0 saturated carbocycles. The van der Waals surface area contributed by atoms with E-state index in [-0.39, 0.29) is 30.3 Å². The highest BCUT2D eigenvalue weighted by Gasteiger charge is 2.25. The fraction of sp³-hybridized carbons (Fsp3) is 0.269. The van der Waals surface area contributed by atoms with Crippen LogP contribution in [0.1, 0.15) is 30.0 Å². The van der Waals surface area contributed by atoms with Gasteiger partial charge in [0.1, 0.15) is 5.75 Å². The van der Waals surface area contributed by atoms with E-state index in [1.165, 1.54) is 0 Å². The highest BCUT2D eigenvalue weighted by molar-refractivity contribution is 9.11.